The SMILES string of the molecule is C[C@H](NC(=O)CCCc1ccccc1)C(=O)N1CCC[C@H]1c1nn[nH]n1. The predicted molar refractivity (Wildman–Crippen MR) is 94.9 cm³/mol. The molecular weight excluding hydrogens is 332 g/mol. The van der Waals surface area contributed by atoms with Crippen LogP contribution in [-0.2, 0) is 16.0 Å². The van der Waals surface area contributed by atoms with E-state index in [4.69, 9.17) is 0 Å². The van der Waals surface area contributed by atoms with Gasteiger partial charge in [-0.05, 0) is 38.2 Å². The summed E-state index contributed by atoms with van der Waals surface area (Å²) in [4.78, 5) is 26.6. The molecule has 0 radical (unpaired) electrons. The van der Waals surface area contributed by atoms with Crippen molar-refractivity contribution in [2.24, 2.45) is 0 Å². The first kappa shape index (κ1) is 18.0. The maximum absolute atomic E-state index is 12.7. The van der Waals surface area contributed by atoms with Crippen LogP contribution in [0.15, 0.2) is 30.3 Å². The molecule has 1 aromatic carbocycles. The van der Waals surface area contributed by atoms with Gasteiger partial charge in [0.15, 0.2) is 5.82 Å². The first-order valence-corrected chi connectivity index (χ1v) is 9.02. The van der Waals surface area contributed by atoms with Crippen LogP contribution < -0.4 is 5.32 Å². The standard InChI is InChI=1S/C18H24N6O2/c1-13(19-16(25)11-5-9-14-7-3-2-4-8-14)18(26)24-12-6-10-15(24)17-20-22-23-21-17/h2-4,7-8,13,15H,5-6,9-12H2,1H3,(H,19,25)(H,20,21,22,23)/t13-,15-/m0/s1. The predicted octanol–water partition coefficient (Wildman–Crippen LogP) is 1.39. The second kappa shape index (κ2) is 8.55. The zero-order chi connectivity index (χ0) is 18.4. The minimum Gasteiger partial charge on any atom is -0.345 e. The van der Waals surface area contributed by atoms with Gasteiger partial charge in [-0.25, -0.2) is 0 Å². The first-order valence-electron chi connectivity index (χ1n) is 9.02. The molecule has 26 heavy (non-hydrogen) atoms. The van der Waals surface area contributed by atoms with Gasteiger partial charge >= 0.3 is 0 Å². The molecule has 0 spiro atoms. The van der Waals surface area contributed by atoms with E-state index < -0.39 is 6.04 Å². The fourth-order valence-corrected chi connectivity index (χ4v) is 3.33. The molecule has 2 aromatic rings. The van der Waals surface area contributed by atoms with Gasteiger partial charge in [-0.1, -0.05) is 35.5 Å². The lowest BCUT2D eigenvalue weighted by molar-refractivity contribution is -0.136. The number of likely N-dealkylation sites (tertiary alicyclic amines) is 1. The third kappa shape index (κ3) is 4.44. The minimum absolute atomic E-state index is 0.0999. The van der Waals surface area contributed by atoms with Crippen molar-refractivity contribution in [3.05, 3.63) is 41.7 Å². The number of benzene rings is 1. The molecule has 0 bridgehead atoms. The molecule has 2 amide bonds. The molecule has 0 aliphatic carbocycles. The number of aromatic nitrogens is 4. The average Bonchev–Trinajstić information content (AvgIpc) is 3.33. The van der Waals surface area contributed by atoms with Gasteiger partial charge in [0.1, 0.15) is 6.04 Å². The molecule has 1 saturated heterocycles. The van der Waals surface area contributed by atoms with E-state index in [2.05, 4.69) is 38.1 Å². The fourth-order valence-electron chi connectivity index (χ4n) is 3.33. The highest BCUT2D eigenvalue weighted by Gasteiger charge is 2.35. The molecule has 2 atom stereocenters. The van der Waals surface area contributed by atoms with Crippen molar-refractivity contribution in [1.29, 1.82) is 0 Å². The third-order valence-corrected chi connectivity index (χ3v) is 4.66. The number of tetrazole rings is 1. The summed E-state index contributed by atoms with van der Waals surface area (Å²) < 4.78 is 0. The number of hydrogen-bond acceptors (Lipinski definition) is 5. The normalized spacial score (nSPS) is 17.9. The van der Waals surface area contributed by atoms with E-state index in [1.807, 2.05) is 18.2 Å². The Morgan fingerprint density at radius 2 is 2.15 bits per heavy atom. The maximum Gasteiger partial charge on any atom is 0.245 e. The average molecular weight is 356 g/mol. The van der Waals surface area contributed by atoms with Gasteiger partial charge < -0.3 is 10.2 Å². The van der Waals surface area contributed by atoms with Crippen molar-refractivity contribution in [2.45, 2.75) is 51.1 Å². The Labute approximate surface area is 152 Å². The summed E-state index contributed by atoms with van der Waals surface area (Å²) >= 11 is 0. The monoisotopic (exact) mass is 356 g/mol. The van der Waals surface area contributed by atoms with E-state index in [0.29, 0.717) is 18.8 Å². The molecule has 2 N–H and O–H groups in total. The number of H-pyrrole nitrogens is 1. The van der Waals surface area contributed by atoms with Crippen LogP contribution in [-0.4, -0.2) is 49.9 Å². The van der Waals surface area contributed by atoms with Crippen LogP contribution in [0.3, 0.4) is 0 Å². The number of carbonyl (C=O) groups excluding carboxylic acids is 2. The Morgan fingerprint density at radius 1 is 1.35 bits per heavy atom. The molecule has 1 aliphatic rings. The summed E-state index contributed by atoms with van der Waals surface area (Å²) in [5.74, 6) is 0.322. The van der Waals surface area contributed by atoms with E-state index in [1.54, 1.807) is 11.8 Å². The highest BCUT2D eigenvalue weighted by molar-refractivity contribution is 5.87. The Bertz CT molecular complexity index is 719. The lowest BCUT2D eigenvalue weighted by Gasteiger charge is -2.26. The summed E-state index contributed by atoms with van der Waals surface area (Å²) in [5.41, 5.74) is 1.21. The minimum atomic E-state index is -0.563. The van der Waals surface area contributed by atoms with Crippen molar-refractivity contribution in [1.82, 2.24) is 30.8 Å². The highest BCUT2D eigenvalue weighted by atomic mass is 16.2. The van der Waals surface area contributed by atoms with Gasteiger partial charge in [-0.3, -0.25) is 9.59 Å². The van der Waals surface area contributed by atoms with Crippen LogP contribution in [0, 0.1) is 0 Å². The van der Waals surface area contributed by atoms with E-state index >= 15 is 0 Å². The van der Waals surface area contributed by atoms with Crippen LogP contribution in [0.4, 0.5) is 0 Å². The van der Waals surface area contributed by atoms with Crippen LogP contribution in [0.2, 0.25) is 0 Å². The largest absolute Gasteiger partial charge is 0.345 e. The fraction of sp³-hybridized carbons (Fsp3) is 0.500. The number of aryl methyl sites for hydroxylation is 1. The van der Waals surface area contributed by atoms with Gasteiger partial charge in [-0.15, -0.1) is 10.2 Å². The van der Waals surface area contributed by atoms with Crippen molar-refractivity contribution in [2.75, 3.05) is 6.54 Å². The third-order valence-electron chi connectivity index (χ3n) is 4.66. The van der Waals surface area contributed by atoms with Crippen LogP contribution >= 0.6 is 0 Å². The molecule has 138 valence electrons. The zero-order valence-corrected chi connectivity index (χ0v) is 14.9. The molecule has 3 rings (SSSR count). The number of hydrogen-bond donors (Lipinski definition) is 2. The summed E-state index contributed by atoms with van der Waals surface area (Å²) in [6.07, 6.45) is 3.71. The molecule has 1 aromatic heterocycles. The van der Waals surface area contributed by atoms with E-state index in [1.165, 1.54) is 5.56 Å². The van der Waals surface area contributed by atoms with Crippen LogP contribution in [0.5, 0.6) is 0 Å². The van der Waals surface area contributed by atoms with Crippen LogP contribution in [0.1, 0.15) is 50.0 Å². The summed E-state index contributed by atoms with van der Waals surface area (Å²) in [6.45, 7) is 2.37. The smallest absolute Gasteiger partial charge is 0.245 e. The Morgan fingerprint density at radius 3 is 2.88 bits per heavy atom. The molecule has 2 heterocycles. The second-order valence-corrected chi connectivity index (χ2v) is 6.59. The summed E-state index contributed by atoms with van der Waals surface area (Å²) in [5, 5.41) is 16.8. The van der Waals surface area contributed by atoms with Gasteiger partial charge in [0.25, 0.3) is 0 Å². The number of rotatable bonds is 7. The zero-order valence-electron chi connectivity index (χ0n) is 14.9. The van der Waals surface area contributed by atoms with Crippen molar-refractivity contribution in [3.63, 3.8) is 0 Å². The second-order valence-electron chi connectivity index (χ2n) is 6.59. The molecular formula is C18H24N6O2. The summed E-state index contributed by atoms with van der Waals surface area (Å²) in [7, 11) is 0. The van der Waals surface area contributed by atoms with Gasteiger partial charge in [0.2, 0.25) is 11.8 Å². The maximum atomic E-state index is 12.7. The van der Waals surface area contributed by atoms with Gasteiger partial charge in [0.05, 0.1) is 6.04 Å². The molecule has 8 heteroatoms. The van der Waals surface area contributed by atoms with Crippen molar-refractivity contribution < 1.29 is 9.59 Å². The molecule has 1 aliphatic heterocycles. The molecule has 1 fully saturated rings. The molecule has 0 saturated carbocycles. The topological polar surface area (TPSA) is 104 Å². The summed E-state index contributed by atoms with van der Waals surface area (Å²) in [6, 6.07) is 9.33. The lowest BCUT2D eigenvalue weighted by atomic mass is 10.1. The van der Waals surface area contributed by atoms with Gasteiger partial charge in [-0.2, -0.15) is 5.21 Å². The first-order chi connectivity index (χ1) is 12.6. The number of nitrogens with one attached hydrogen (secondary N) is 2. The quantitative estimate of drug-likeness (QED) is 0.780. The number of amides is 2. The van der Waals surface area contributed by atoms with Gasteiger partial charge in [0, 0.05) is 13.0 Å². The Kier molecular flexibility index (Phi) is 5.93. The number of nitrogens with zero attached hydrogens (tertiary/aromatic N) is 4. The van der Waals surface area contributed by atoms with E-state index in [0.717, 1.165) is 25.7 Å². The number of aromatic amines is 1. The molecule has 0 unspecified atom stereocenters. The number of carbonyl (C=O) groups is 2. The highest BCUT2D eigenvalue weighted by Crippen LogP contribution is 2.29. The van der Waals surface area contributed by atoms with Crippen molar-refractivity contribution >= 4 is 11.8 Å². The van der Waals surface area contributed by atoms with Crippen LogP contribution in [0.25, 0.3) is 0 Å². The lowest BCUT2D eigenvalue weighted by Crippen LogP contribution is -2.46. The van der Waals surface area contributed by atoms with E-state index in [9.17, 15) is 9.59 Å². The molecule has 8 nitrogen and oxygen atoms in total. The van der Waals surface area contributed by atoms with E-state index in [-0.39, 0.29) is 17.9 Å². The Hall–Kier alpha value is -2.77. The Balaban J connectivity index is 1.46. The van der Waals surface area contributed by atoms with Crippen molar-refractivity contribution in [3.8, 4) is 0 Å².